The molecule has 3 unspecified atom stereocenters. The van der Waals surface area contributed by atoms with Gasteiger partial charge in [-0.15, -0.1) is 35.3 Å². The Hall–Kier alpha value is -0.410. The average molecular weight is 476 g/mol. The zero-order valence-corrected chi connectivity index (χ0v) is 18.4. The van der Waals surface area contributed by atoms with Crippen LogP contribution in [0.25, 0.3) is 0 Å². The molecule has 2 saturated carbocycles. The van der Waals surface area contributed by atoms with Crippen molar-refractivity contribution in [3.63, 3.8) is 0 Å². The maximum atomic E-state index is 6.02. The van der Waals surface area contributed by atoms with E-state index in [2.05, 4.69) is 36.4 Å². The van der Waals surface area contributed by atoms with Gasteiger partial charge < -0.3 is 15.4 Å². The number of halogens is 1. The van der Waals surface area contributed by atoms with Crippen LogP contribution in [0.5, 0.6) is 0 Å². The van der Waals surface area contributed by atoms with E-state index in [4.69, 9.17) is 9.73 Å². The lowest BCUT2D eigenvalue weighted by atomic mass is 9.46. The molecule has 1 aromatic rings. The molecule has 0 radical (unpaired) electrons. The fourth-order valence-corrected chi connectivity index (χ4v) is 5.66. The first kappa shape index (κ1) is 19.4. The molecule has 0 bridgehead atoms. The normalized spacial score (nSPS) is 29.4. The lowest BCUT2D eigenvalue weighted by Gasteiger charge is -2.63. The van der Waals surface area contributed by atoms with Gasteiger partial charge in [0.15, 0.2) is 5.96 Å². The minimum atomic E-state index is 0. The number of aryl methyl sites for hydroxylation is 2. The Labute approximate surface area is 171 Å². The van der Waals surface area contributed by atoms with Gasteiger partial charge >= 0.3 is 0 Å². The van der Waals surface area contributed by atoms with Crippen molar-refractivity contribution in [2.24, 2.45) is 16.3 Å². The lowest BCUT2D eigenvalue weighted by molar-refractivity contribution is -0.171. The molecule has 1 aliphatic heterocycles. The number of ether oxygens (including phenoxy) is 1. The first-order valence-electron chi connectivity index (χ1n) is 9.23. The van der Waals surface area contributed by atoms with Crippen molar-refractivity contribution in [3.8, 4) is 0 Å². The van der Waals surface area contributed by atoms with E-state index < -0.39 is 0 Å². The number of hydrogen-bond donors (Lipinski definition) is 2. The van der Waals surface area contributed by atoms with Crippen LogP contribution in [0.2, 0.25) is 0 Å². The maximum absolute atomic E-state index is 6.02. The minimum Gasteiger partial charge on any atom is -0.377 e. The van der Waals surface area contributed by atoms with Gasteiger partial charge in [0.05, 0.1) is 23.4 Å². The number of aliphatic imine (C=N–C) groups is 1. The van der Waals surface area contributed by atoms with Crippen molar-refractivity contribution < 1.29 is 4.74 Å². The fourth-order valence-electron chi connectivity index (χ4n) is 4.79. The molecule has 1 spiro atoms. The molecular weight excluding hydrogens is 447 g/mol. The Morgan fingerprint density at radius 3 is 2.80 bits per heavy atom. The molecule has 7 heteroatoms. The van der Waals surface area contributed by atoms with Crippen LogP contribution in [-0.4, -0.2) is 36.2 Å². The first-order valence-corrected chi connectivity index (χ1v) is 10.0. The number of rotatable bonds is 4. The average Bonchev–Trinajstić information content (AvgIpc) is 3.05. The topological polar surface area (TPSA) is 58.5 Å². The van der Waals surface area contributed by atoms with Gasteiger partial charge in [0.1, 0.15) is 0 Å². The van der Waals surface area contributed by atoms with Gasteiger partial charge in [-0.3, -0.25) is 0 Å². The number of thiazole rings is 1. The van der Waals surface area contributed by atoms with Crippen molar-refractivity contribution in [1.29, 1.82) is 0 Å². The Bertz CT molecular complexity index is 643. The third-order valence-electron chi connectivity index (χ3n) is 6.05. The van der Waals surface area contributed by atoms with Crippen molar-refractivity contribution >= 4 is 41.3 Å². The fraction of sp³-hybridized carbons (Fsp3) is 0.778. The highest BCUT2D eigenvalue weighted by Crippen LogP contribution is 2.62. The van der Waals surface area contributed by atoms with Crippen LogP contribution in [-0.2, 0) is 11.3 Å². The summed E-state index contributed by atoms with van der Waals surface area (Å²) in [5, 5.41) is 8.30. The number of nitrogens with zero attached hydrogens (tertiary/aromatic N) is 2. The summed E-state index contributed by atoms with van der Waals surface area (Å²) in [6.45, 7) is 8.78. The van der Waals surface area contributed by atoms with Crippen LogP contribution in [0.1, 0.15) is 48.2 Å². The van der Waals surface area contributed by atoms with Crippen LogP contribution in [0.4, 0.5) is 0 Å². The van der Waals surface area contributed by atoms with Gasteiger partial charge in [-0.1, -0.05) is 6.42 Å². The Balaban J connectivity index is 0.00000182. The second-order valence-corrected chi connectivity index (χ2v) is 8.68. The molecular formula is C18H29IN4OS. The van der Waals surface area contributed by atoms with Gasteiger partial charge in [-0.25, -0.2) is 9.98 Å². The van der Waals surface area contributed by atoms with E-state index in [0.717, 1.165) is 29.8 Å². The van der Waals surface area contributed by atoms with E-state index in [9.17, 15) is 0 Å². The molecule has 3 fully saturated rings. The van der Waals surface area contributed by atoms with Crippen LogP contribution < -0.4 is 10.6 Å². The van der Waals surface area contributed by atoms with E-state index in [1.807, 2.05) is 0 Å². The summed E-state index contributed by atoms with van der Waals surface area (Å²) in [7, 11) is 0. The lowest BCUT2D eigenvalue weighted by Crippen LogP contribution is -2.72. The standard InChI is InChI=1S/C18H28N4OS.HI/c1-4-19-17(20-10-14-11(2)21-12(3)24-14)22-15-13-6-9-23-16(13)18(15)7-5-8-18;/h13,15-16H,4-10H2,1-3H3,(H2,19,20,22);1H. The molecule has 2 heterocycles. The van der Waals surface area contributed by atoms with E-state index in [0.29, 0.717) is 30.0 Å². The summed E-state index contributed by atoms with van der Waals surface area (Å²) < 4.78 is 6.02. The molecule has 1 saturated heterocycles. The predicted molar refractivity (Wildman–Crippen MR) is 113 cm³/mol. The number of hydrogen-bond acceptors (Lipinski definition) is 4. The summed E-state index contributed by atoms with van der Waals surface area (Å²) in [5.74, 6) is 1.62. The van der Waals surface area contributed by atoms with Crippen molar-refractivity contribution in [2.75, 3.05) is 13.2 Å². The second kappa shape index (κ2) is 7.68. The molecule has 2 N–H and O–H groups in total. The highest BCUT2D eigenvalue weighted by Gasteiger charge is 2.66. The van der Waals surface area contributed by atoms with Gasteiger partial charge in [0.25, 0.3) is 0 Å². The van der Waals surface area contributed by atoms with Gasteiger partial charge in [-0.2, -0.15) is 0 Å². The summed E-state index contributed by atoms with van der Waals surface area (Å²) in [6.07, 6.45) is 5.64. The van der Waals surface area contributed by atoms with Crippen molar-refractivity contribution in [3.05, 3.63) is 15.6 Å². The van der Waals surface area contributed by atoms with Gasteiger partial charge in [-0.05, 0) is 40.0 Å². The third kappa shape index (κ3) is 3.32. The first-order chi connectivity index (χ1) is 11.6. The van der Waals surface area contributed by atoms with Crippen LogP contribution in [0.15, 0.2) is 4.99 Å². The van der Waals surface area contributed by atoms with E-state index >= 15 is 0 Å². The van der Waals surface area contributed by atoms with Gasteiger partial charge in [0, 0.05) is 35.4 Å². The molecule has 3 atom stereocenters. The molecule has 4 rings (SSSR count). The van der Waals surface area contributed by atoms with Crippen LogP contribution in [0, 0.1) is 25.2 Å². The minimum absolute atomic E-state index is 0. The molecule has 3 aliphatic rings. The summed E-state index contributed by atoms with van der Waals surface area (Å²) >= 11 is 1.75. The SMILES string of the molecule is CCNC(=NCc1sc(C)nc1C)NC1C2CCOC2C12CCC2.I. The zero-order chi connectivity index (χ0) is 16.7. The second-order valence-electron chi connectivity index (χ2n) is 7.39. The smallest absolute Gasteiger partial charge is 0.191 e. The highest BCUT2D eigenvalue weighted by atomic mass is 127. The molecule has 25 heavy (non-hydrogen) atoms. The Morgan fingerprint density at radius 2 is 2.20 bits per heavy atom. The molecule has 0 amide bonds. The van der Waals surface area contributed by atoms with E-state index in [-0.39, 0.29) is 24.0 Å². The molecule has 140 valence electrons. The number of nitrogens with one attached hydrogen (secondary N) is 2. The predicted octanol–water partition coefficient (Wildman–Crippen LogP) is 3.39. The molecule has 2 aliphatic carbocycles. The van der Waals surface area contributed by atoms with Crippen molar-refractivity contribution in [1.82, 2.24) is 15.6 Å². The quantitative estimate of drug-likeness (QED) is 0.398. The number of aromatic nitrogens is 1. The van der Waals surface area contributed by atoms with Crippen molar-refractivity contribution in [2.45, 2.75) is 65.1 Å². The maximum Gasteiger partial charge on any atom is 0.191 e. The molecule has 1 aromatic heterocycles. The molecule has 0 aromatic carbocycles. The Morgan fingerprint density at radius 1 is 1.40 bits per heavy atom. The van der Waals surface area contributed by atoms with Crippen LogP contribution >= 0.6 is 35.3 Å². The zero-order valence-electron chi connectivity index (χ0n) is 15.3. The monoisotopic (exact) mass is 476 g/mol. The summed E-state index contributed by atoms with van der Waals surface area (Å²) in [5.41, 5.74) is 1.49. The largest absolute Gasteiger partial charge is 0.377 e. The van der Waals surface area contributed by atoms with E-state index in [1.165, 1.54) is 30.6 Å². The molecule has 5 nitrogen and oxygen atoms in total. The van der Waals surface area contributed by atoms with E-state index in [1.54, 1.807) is 11.3 Å². The highest BCUT2D eigenvalue weighted by molar-refractivity contribution is 14.0. The Kier molecular flexibility index (Phi) is 5.95. The summed E-state index contributed by atoms with van der Waals surface area (Å²) in [4.78, 5) is 10.6. The summed E-state index contributed by atoms with van der Waals surface area (Å²) in [6, 6.07) is 0.529. The van der Waals surface area contributed by atoms with Crippen LogP contribution in [0.3, 0.4) is 0 Å². The third-order valence-corrected chi connectivity index (χ3v) is 7.11. The number of guanidine groups is 1. The number of fused-ring (bicyclic) bond motifs is 2. The van der Waals surface area contributed by atoms with Gasteiger partial charge in [0.2, 0.25) is 0 Å².